The van der Waals surface area contributed by atoms with Gasteiger partial charge in [0.2, 0.25) is 0 Å². The Morgan fingerprint density at radius 3 is 2.69 bits per heavy atom. The molecule has 2 N–H and O–H groups in total. The number of Topliss-reactive ketones (excluding diaryl/α,β-unsaturated/α-hetero) is 1. The zero-order valence-corrected chi connectivity index (χ0v) is 9.98. The molecule has 0 radical (unpaired) electrons. The van der Waals surface area contributed by atoms with Crippen LogP contribution in [0.25, 0.3) is 0 Å². The van der Waals surface area contributed by atoms with Crippen LogP contribution < -0.4 is 0 Å². The van der Waals surface area contributed by atoms with E-state index in [0.29, 0.717) is 6.42 Å². The second kappa shape index (κ2) is 6.69. The molecular formula is C13H22O3. The Labute approximate surface area is 97.2 Å². The average Bonchev–Trinajstić information content (AvgIpc) is 2.57. The molecule has 0 amide bonds. The van der Waals surface area contributed by atoms with E-state index in [0.717, 1.165) is 12.8 Å². The number of hydrogen-bond donors (Lipinski definition) is 2. The van der Waals surface area contributed by atoms with Gasteiger partial charge < -0.3 is 10.2 Å². The van der Waals surface area contributed by atoms with E-state index in [1.807, 2.05) is 0 Å². The highest BCUT2D eigenvalue weighted by Gasteiger charge is 2.33. The van der Waals surface area contributed by atoms with Crippen LogP contribution in [0.3, 0.4) is 0 Å². The molecular weight excluding hydrogens is 204 g/mol. The van der Waals surface area contributed by atoms with Crippen molar-refractivity contribution in [3.63, 3.8) is 0 Å². The van der Waals surface area contributed by atoms with Gasteiger partial charge in [0.05, 0.1) is 11.9 Å². The Balaban J connectivity index is 2.30. The van der Waals surface area contributed by atoms with Gasteiger partial charge in [-0.25, -0.2) is 0 Å². The van der Waals surface area contributed by atoms with Crippen molar-refractivity contribution >= 4 is 5.78 Å². The van der Waals surface area contributed by atoms with Gasteiger partial charge in [-0.2, -0.15) is 0 Å². The molecule has 2 atom stereocenters. The molecule has 3 nitrogen and oxygen atoms in total. The lowest BCUT2D eigenvalue weighted by atomic mass is 10.0. The predicted molar refractivity (Wildman–Crippen MR) is 63.2 cm³/mol. The zero-order chi connectivity index (χ0) is 12.0. The summed E-state index contributed by atoms with van der Waals surface area (Å²) in [6.45, 7) is 2.16. The molecule has 0 aromatic heterocycles. The largest absolute Gasteiger partial charge is 0.512 e. The van der Waals surface area contributed by atoms with Crippen molar-refractivity contribution in [2.45, 2.75) is 58.0 Å². The lowest BCUT2D eigenvalue weighted by Gasteiger charge is -2.12. The molecule has 3 heteroatoms. The van der Waals surface area contributed by atoms with E-state index in [9.17, 15) is 15.0 Å². The summed E-state index contributed by atoms with van der Waals surface area (Å²) in [5.41, 5.74) is 0. The van der Waals surface area contributed by atoms with Crippen LogP contribution in [0.1, 0.15) is 51.9 Å². The molecule has 0 bridgehead atoms. The van der Waals surface area contributed by atoms with Gasteiger partial charge in [0, 0.05) is 18.8 Å². The van der Waals surface area contributed by atoms with Crippen LogP contribution in [0.5, 0.6) is 0 Å². The Kier molecular flexibility index (Phi) is 5.53. The summed E-state index contributed by atoms with van der Waals surface area (Å²) in [5, 5.41) is 19.3. The Morgan fingerprint density at radius 1 is 1.38 bits per heavy atom. The number of aliphatic hydroxyl groups excluding tert-OH is 2. The summed E-state index contributed by atoms with van der Waals surface area (Å²) in [7, 11) is 0. The number of allylic oxidation sites excluding steroid dienone is 1. The first kappa shape index (κ1) is 13.2. The van der Waals surface area contributed by atoms with E-state index >= 15 is 0 Å². The first-order valence-electron chi connectivity index (χ1n) is 6.24. The van der Waals surface area contributed by atoms with Crippen LogP contribution in [0.15, 0.2) is 11.8 Å². The van der Waals surface area contributed by atoms with E-state index in [1.165, 1.54) is 19.3 Å². The van der Waals surface area contributed by atoms with Crippen molar-refractivity contribution in [1.82, 2.24) is 0 Å². The van der Waals surface area contributed by atoms with Gasteiger partial charge in [0.15, 0.2) is 0 Å². The van der Waals surface area contributed by atoms with Crippen LogP contribution in [0.2, 0.25) is 0 Å². The lowest BCUT2D eigenvalue weighted by molar-refractivity contribution is -0.117. The first-order valence-corrected chi connectivity index (χ1v) is 6.24. The molecule has 0 aromatic rings. The third-order valence-corrected chi connectivity index (χ3v) is 3.14. The summed E-state index contributed by atoms with van der Waals surface area (Å²) >= 11 is 0. The zero-order valence-electron chi connectivity index (χ0n) is 9.98. The van der Waals surface area contributed by atoms with Crippen LogP contribution in [-0.2, 0) is 4.79 Å². The van der Waals surface area contributed by atoms with Crippen molar-refractivity contribution < 1.29 is 15.0 Å². The van der Waals surface area contributed by atoms with Crippen molar-refractivity contribution in [2.75, 3.05) is 0 Å². The normalized spacial score (nSPS) is 26.4. The minimum Gasteiger partial charge on any atom is -0.512 e. The summed E-state index contributed by atoms with van der Waals surface area (Å²) < 4.78 is 0. The molecule has 0 unspecified atom stereocenters. The smallest absolute Gasteiger partial charge is 0.136 e. The van der Waals surface area contributed by atoms with Crippen LogP contribution in [0.4, 0.5) is 0 Å². The van der Waals surface area contributed by atoms with Crippen molar-refractivity contribution in [3.05, 3.63) is 11.8 Å². The minimum absolute atomic E-state index is 0.0448. The third kappa shape index (κ3) is 3.97. The number of ketones is 1. The molecule has 0 spiro atoms. The van der Waals surface area contributed by atoms with E-state index in [-0.39, 0.29) is 23.9 Å². The molecule has 0 saturated heterocycles. The van der Waals surface area contributed by atoms with Crippen LogP contribution in [0, 0.1) is 5.92 Å². The second-order valence-corrected chi connectivity index (χ2v) is 4.60. The van der Waals surface area contributed by atoms with E-state index in [1.54, 1.807) is 6.08 Å². The fraction of sp³-hybridized carbons (Fsp3) is 0.769. The van der Waals surface area contributed by atoms with Crippen LogP contribution in [-0.4, -0.2) is 22.1 Å². The fourth-order valence-electron chi connectivity index (χ4n) is 2.11. The number of carbonyl (C=O) groups is 1. The second-order valence-electron chi connectivity index (χ2n) is 4.60. The van der Waals surface area contributed by atoms with E-state index in [4.69, 9.17) is 0 Å². The number of rotatable bonds is 6. The maximum atomic E-state index is 11.1. The third-order valence-electron chi connectivity index (χ3n) is 3.14. The molecule has 1 rings (SSSR count). The Bertz CT molecular complexity index is 258. The maximum Gasteiger partial charge on any atom is 0.136 e. The maximum absolute atomic E-state index is 11.1. The van der Waals surface area contributed by atoms with Gasteiger partial charge in [0.25, 0.3) is 0 Å². The Hall–Kier alpha value is -0.830. The highest BCUT2D eigenvalue weighted by molar-refractivity contribution is 5.82. The first-order chi connectivity index (χ1) is 7.65. The molecule has 1 aliphatic rings. The molecule has 1 fully saturated rings. The van der Waals surface area contributed by atoms with E-state index in [2.05, 4.69) is 6.92 Å². The molecule has 1 aliphatic carbocycles. The van der Waals surface area contributed by atoms with Gasteiger partial charge in [-0.1, -0.05) is 26.2 Å². The van der Waals surface area contributed by atoms with Gasteiger partial charge in [-0.15, -0.1) is 0 Å². The summed E-state index contributed by atoms with van der Waals surface area (Å²) in [6.07, 6.45) is 7.06. The summed E-state index contributed by atoms with van der Waals surface area (Å²) in [6, 6.07) is 0. The standard InChI is InChI=1S/C13H22O3/c1-2-3-4-5-6-7-12(15)11-8-10(14)9-13(11)16/h7,11,13,15-16H,2-6,8-9H2,1H3/t11-,13+/m0/s1. The van der Waals surface area contributed by atoms with E-state index < -0.39 is 6.10 Å². The lowest BCUT2D eigenvalue weighted by Crippen LogP contribution is -2.15. The molecule has 92 valence electrons. The van der Waals surface area contributed by atoms with Gasteiger partial charge >= 0.3 is 0 Å². The highest BCUT2D eigenvalue weighted by atomic mass is 16.3. The minimum atomic E-state index is -0.681. The van der Waals surface area contributed by atoms with Gasteiger partial charge in [0.1, 0.15) is 5.78 Å². The molecule has 0 aromatic carbocycles. The number of aliphatic hydroxyl groups is 2. The Morgan fingerprint density at radius 2 is 2.12 bits per heavy atom. The van der Waals surface area contributed by atoms with Gasteiger partial charge in [-0.3, -0.25) is 4.79 Å². The quantitative estimate of drug-likeness (QED) is 0.541. The molecule has 0 heterocycles. The number of unbranched alkanes of at least 4 members (excludes halogenated alkanes) is 4. The highest BCUT2D eigenvalue weighted by Crippen LogP contribution is 2.28. The van der Waals surface area contributed by atoms with Crippen molar-refractivity contribution in [1.29, 1.82) is 0 Å². The van der Waals surface area contributed by atoms with Gasteiger partial charge in [-0.05, 0) is 18.9 Å². The van der Waals surface area contributed by atoms with Crippen molar-refractivity contribution in [3.8, 4) is 0 Å². The number of carbonyl (C=O) groups excluding carboxylic acids is 1. The fourth-order valence-corrected chi connectivity index (χ4v) is 2.11. The van der Waals surface area contributed by atoms with Crippen molar-refractivity contribution in [2.24, 2.45) is 5.92 Å². The summed E-state index contributed by atoms with van der Waals surface area (Å²) in [4.78, 5) is 11.1. The SMILES string of the molecule is CCCCCCC=C(O)[C@@H]1CC(=O)C[C@H]1O. The summed E-state index contributed by atoms with van der Waals surface area (Å²) in [5.74, 6) is -0.100. The molecule has 0 aliphatic heterocycles. The number of hydrogen-bond acceptors (Lipinski definition) is 3. The van der Waals surface area contributed by atoms with Crippen LogP contribution >= 0.6 is 0 Å². The monoisotopic (exact) mass is 226 g/mol. The average molecular weight is 226 g/mol. The molecule has 1 saturated carbocycles. The topological polar surface area (TPSA) is 57.5 Å². The molecule has 16 heavy (non-hydrogen) atoms. The predicted octanol–water partition coefficient (Wildman–Crippen LogP) is 2.74.